The lowest BCUT2D eigenvalue weighted by molar-refractivity contribution is -0.116. The normalized spacial score (nSPS) is 10.7. The van der Waals surface area contributed by atoms with Gasteiger partial charge in [-0.3, -0.25) is 4.79 Å². The molecule has 0 aliphatic carbocycles. The quantitative estimate of drug-likeness (QED) is 0.739. The zero-order chi connectivity index (χ0) is 18.0. The number of rotatable bonds is 4. The van der Waals surface area contributed by atoms with E-state index in [-0.39, 0.29) is 12.5 Å². The van der Waals surface area contributed by atoms with E-state index < -0.39 is 5.97 Å². The molecule has 25 heavy (non-hydrogen) atoms. The van der Waals surface area contributed by atoms with E-state index in [1.165, 1.54) is 7.11 Å². The Morgan fingerprint density at radius 3 is 2.40 bits per heavy atom. The summed E-state index contributed by atoms with van der Waals surface area (Å²) in [4.78, 5) is 24.5. The Balaban J connectivity index is 1.90. The average Bonchev–Trinajstić information content (AvgIpc) is 2.96. The number of aromatic nitrogens is 1. The van der Waals surface area contributed by atoms with Crippen LogP contribution in [0.2, 0.25) is 0 Å². The van der Waals surface area contributed by atoms with Crippen LogP contribution in [-0.4, -0.2) is 23.6 Å². The molecule has 0 saturated carbocycles. The van der Waals surface area contributed by atoms with Crippen LogP contribution in [0.1, 0.15) is 21.5 Å². The van der Waals surface area contributed by atoms with Gasteiger partial charge in [0, 0.05) is 22.8 Å². The summed E-state index contributed by atoms with van der Waals surface area (Å²) < 4.78 is 6.61. The molecule has 128 valence electrons. The predicted octanol–water partition coefficient (Wildman–Crippen LogP) is 3.68. The van der Waals surface area contributed by atoms with Crippen molar-refractivity contribution in [2.45, 2.75) is 20.4 Å². The molecule has 1 heterocycles. The number of carbonyl (C=O) groups excluding carboxylic acids is 2. The minimum Gasteiger partial charge on any atom is -0.465 e. The number of para-hydroxylation sites is 2. The van der Waals surface area contributed by atoms with Gasteiger partial charge in [-0.1, -0.05) is 36.4 Å². The molecular weight excluding hydrogens is 316 g/mol. The number of aryl methyl sites for hydroxylation is 2. The van der Waals surface area contributed by atoms with Gasteiger partial charge in [0.25, 0.3) is 0 Å². The zero-order valence-corrected chi connectivity index (χ0v) is 14.5. The number of ether oxygens (including phenoxy) is 1. The molecule has 1 aromatic heterocycles. The summed E-state index contributed by atoms with van der Waals surface area (Å²) in [6.45, 7) is 4.04. The Kier molecular flexibility index (Phi) is 4.57. The minimum absolute atomic E-state index is 0.116. The first kappa shape index (κ1) is 16.8. The van der Waals surface area contributed by atoms with Crippen LogP contribution in [0.25, 0.3) is 10.9 Å². The summed E-state index contributed by atoms with van der Waals surface area (Å²) in [7, 11) is 1.35. The highest BCUT2D eigenvalue weighted by Gasteiger charge is 2.17. The Morgan fingerprint density at radius 1 is 1.04 bits per heavy atom. The number of carbonyl (C=O) groups is 2. The topological polar surface area (TPSA) is 60.3 Å². The second-order valence-corrected chi connectivity index (χ2v) is 5.99. The van der Waals surface area contributed by atoms with E-state index in [2.05, 4.69) is 5.32 Å². The maximum Gasteiger partial charge on any atom is 0.340 e. The molecule has 3 aromatic rings. The SMILES string of the molecule is COC(=O)c1cn(CC(=O)Nc2c(C)cccc2C)c2ccccc12. The van der Waals surface area contributed by atoms with Crippen molar-refractivity contribution in [1.29, 1.82) is 0 Å². The van der Waals surface area contributed by atoms with Crippen LogP contribution in [0.4, 0.5) is 5.69 Å². The largest absolute Gasteiger partial charge is 0.465 e. The standard InChI is InChI=1S/C20H20N2O3/c1-13-7-6-8-14(2)19(13)21-18(23)12-22-11-16(20(24)25-3)15-9-4-5-10-17(15)22/h4-11H,12H2,1-3H3,(H,21,23). The lowest BCUT2D eigenvalue weighted by Crippen LogP contribution is -2.19. The van der Waals surface area contributed by atoms with E-state index in [0.29, 0.717) is 5.56 Å². The smallest absolute Gasteiger partial charge is 0.340 e. The van der Waals surface area contributed by atoms with E-state index >= 15 is 0 Å². The first-order valence-corrected chi connectivity index (χ1v) is 8.03. The van der Waals surface area contributed by atoms with Crippen LogP contribution in [-0.2, 0) is 16.1 Å². The fourth-order valence-electron chi connectivity index (χ4n) is 3.00. The number of nitrogens with one attached hydrogen (secondary N) is 1. The summed E-state index contributed by atoms with van der Waals surface area (Å²) >= 11 is 0. The highest BCUT2D eigenvalue weighted by atomic mass is 16.5. The number of hydrogen-bond acceptors (Lipinski definition) is 3. The monoisotopic (exact) mass is 336 g/mol. The minimum atomic E-state index is -0.412. The number of nitrogens with zero attached hydrogens (tertiary/aromatic N) is 1. The first-order chi connectivity index (χ1) is 12.0. The van der Waals surface area contributed by atoms with Crippen molar-refractivity contribution in [3.63, 3.8) is 0 Å². The molecule has 0 saturated heterocycles. The third kappa shape index (κ3) is 3.26. The van der Waals surface area contributed by atoms with Gasteiger partial charge < -0.3 is 14.6 Å². The maximum atomic E-state index is 12.5. The molecule has 1 amide bonds. The van der Waals surface area contributed by atoms with E-state index in [0.717, 1.165) is 27.7 Å². The summed E-state index contributed by atoms with van der Waals surface area (Å²) in [6.07, 6.45) is 1.67. The molecule has 0 spiro atoms. The number of methoxy groups -OCH3 is 1. The van der Waals surface area contributed by atoms with E-state index in [1.54, 1.807) is 10.8 Å². The van der Waals surface area contributed by atoms with Crippen molar-refractivity contribution in [3.05, 3.63) is 65.4 Å². The van der Waals surface area contributed by atoms with Crippen molar-refractivity contribution >= 4 is 28.5 Å². The number of fused-ring (bicyclic) bond motifs is 1. The van der Waals surface area contributed by atoms with E-state index in [9.17, 15) is 9.59 Å². The zero-order valence-electron chi connectivity index (χ0n) is 14.5. The molecule has 0 aliphatic heterocycles. The lowest BCUT2D eigenvalue weighted by Gasteiger charge is -2.12. The fourth-order valence-corrected chi connectivity index (χ4v) is 3.00. The molecule has 0 bridgehead atoms. The molecule has 5 heteroatoms. The highest BCUT2D eigenvalue weighted by molar-refractivity contribution is 6.05. The Labute approximate surface area is 146 Å². The van der Waals surface area contributed by atoms with Crippen molar-refractivity contribution in [2.75, 3.05) is 12.4 Å². The second-order valence-electron chi connectivity index (χ2n) is 5.99. The van der Waals surface area contributed by atoms with Crippen LogP contribution < -0.4 is 5.32 Å². The van der Waals surface area contributed by atoms with Gasteiger partial charge in [0.05, 0.1) is 12.7 Å². The van der Waals surface area contributed by atoms with Crippen molar-refractivity contribution in [2.24, 2.45) is 0 Å². The summed E-state index contributed by atoms with van der Waals surface area (Å²) in [5.41, 5.74) is 4.14. The molecular formula is C20H20N2O3. The number of hydrogen-bond donors (Lipinski definition) is 1. The first-order valence-electron chi connectivity index (χ1n) is 8.03. The molecule has 3 rings (SSSR count). The number of esters is 1. The molecule has 0 fully saturated rings. The van der Waals surface area contributed by atoms with Gasteiger partial charge in [0.1, 0.15) is 6.54 Å². The molecule has 0 unspecified atom stereocenters. The predicted molar refractivity (Wildman–Crippen MR) is 97.8 cm³/mol. The molecule has 5 nitrogen and oxygen atoms in total. The molecule has 0 atom stereocenters. The van der Waals surface area contributed by atoms with Crippen LogP contribution in [0.3, 0.4) is 0 Å². The number of benzene rings is 2. The van der Waals surface area contributed by atoms with Crippen LogP contribution in [0.15, 0.2) is 48.7 Å². The van der Waals surface area contributed by atoms with E-state index in [4.69, 9.17) is 4.74 Å². The second kappa shape index (κ2) is 6.81. The third-order valence-electron chi connectivity index (χ3n) is 4.25. The molecule has 1 N–H and O–H groups in total. The number of anilines is 1. The summed E-state index contributed by atoms with van der Waals surface area (Å²) in [5.74, 6) is -0.556. The van der Waals surface area contributed by atoms with Gasteiger partial charge >= 0.3 is 5.97 Å². The Bertz CT molecular complexity index is 936. The Hall–Kier alpha value is -3.08. The summed E-state index contributed by atoms with van der Waals surface area (Å²) in [6, 6.07) is 13.4. The van der Waals surface area contributed by atoms with Crippen LogP contribution >= 0.6 is 0 Å². The van der Waals surface area contributed by atoms with Gasteiger partial charge in [-0.2, -0.15) is 0 Å². The van der Waals surface area contributed by atoms with Gasteiger partial charge in [-0.15, -0.1) is 0 Å². The van der Waals surface area contributed by atoms with Crippen LogP contribution in [0, 0.1) is 13.8 Å². The fraction of sp³-hybridized carbons (Fsp3) is 0.200. The van der Waals surface area contributed by atoms with Crippen molar-refractivity contribution in [1.82, 2.24) is 4.57 Å². The number of amides is 1. The highest BCUT2D eigenvalue weighted by Crippen LogP contribution is 2.23. The average molecular weight is 336 g/mol. The van der Waals surface area contributed by atoms with Crippen molar-refractivity contribution in [3.8, 4) is 0 Å². The third-order valence-corrected chi connectivity index (χ3v) is 4.25. The van der Waals surface area contributed by atoms with Gasteiger partial charge in [0.15, 0.2) is 0 Å². The van der Waals surface area contributed by atoms with Crippen molar-refractivity contribution < 1.29 is 14.3 Å². The molecule has 0 radical (unpaired) electrons. The van der Waals surface area contributed by atoms with Crippen LogP contribution in [0.5, 0.6) is 0 Å². The summed E-state index contributed by atoms with van der Waals surface area (Å²) in [5, 5.41) is 3.74. The Morgan fingerprint density at radius 2 is 1.72 bits per heavy atom. The lowest BCUT2D eigenvalue weighted by atomic mass is 10.1. The molecule has 2 aromatic carbocycles. The maximum absolute atomic E-state index is 12.5. The van der Waals surface area contributed by atoms with Gasteiger partial charge in [-0.05, 0) is 31.0 Å². The molecule has 0 aliphatic rings. The van der Waals surface area contributed by atoms with E-state index in [1.807, 2.05) is 56.3 Å². The van der Waals surface area contributed by atoms with Gasteiger partial charge in [0.2, 0.25) is 5.91 Å². The van der Waals surface area contributed by atoms with Gasteiger partial charge in [-0.25, -0.2) is 4.79 Å².